The van der Waals surface area contributed by atoms with Gasteiger partial charge in [-0.2, -0.15) is 0 Å². The van der Waals surface area contributed by atoms with Crippen LogP contribution in [0.4, 0.5) is 0 Å². The van der Waals surface area contributed by atoms with Gasteiger partial charge in [0.1, 0.15) is 13.6 Å². The molecule has 0 fully saturated rings. The second kappa shape index (κ2) is 31.2. The minimum absolute atomic E-state index is 0. The third-order valence-corrected chi connectivity index (χ3v) is 9.31. The maximum atomic E-state index is 13.1. The van der Waals surface area contributed by atoms with Gasteiger partial charge in [0.05, 0.1) is 13.2 Å². The van der Waals surface area contributed by atoms with Gasteiger partial charge in [0.2, 0.25) is 0 Å². The number of unbranched alkanes of at least 4 members (excludes halogenated alkanes) is 22. The molecular weight excluding hydrogens is 707 g/mol. The molecule has 0 unspecified atom stereocenters. The van der Waals surface area contributed by atoms with Gasteiger partial charge >= 0.3 is 0 Å². The van der Waals surface area contributed by atoms with Crippen LogP contribution in [0.3, 0.4) is 0 Å². The number of carbonyl (C=O) groups excluding carboxylic acids is 1. The zero-order chi connectivity index (χ0) is 33.6. The number of rotatable bonds is 31. The Balaban J connectivity index is 0.0000115. The van der Waals surface area contributed by atoms with Crippen molar-refractivity contribution in [1.82, 2.24) is 5.32 Å². The van der Waals surface area contributed by atoms with E-state index in [2.05, 4.69) is 19.2 Å². The summed E-state index contributed by atoms with van der Waals surface area (Å²) in [7, 11) is 1.99. The van der Waals surface area contributed by atoms with Gasteiger partial charge in [-0.15, -0.1) is 0 Å². The minimum atomic E-state index is -0.100. The number of pyridine rings is 1. The van der Waals surface area contributed by atoms with Crippen LogP contribution < -0.4 is 43.3 Å². The predicted molar refractivity (Wildman–Crippen MR) is 198 cm³/mol. The number of hydrogen-bond acceptors (Lipinski definition) is 3. The number of nitrogens with zero attached hydrogens (tertiary/aromatic N) is 1. The fourth-order valence-electron chi connectivity index (χ4n) is 6.15. The second-order valence-electron chi connectivity index (χ2n) is 13.6. The summed E-state index contributed by atoms with van der Waals surface area (Å²) >= 11 is 0. The number of aromatic nitrogens is 1. The molecule has 1 amide bonds. The quantitative estimate of drug-likeness (QED) is 0.0474. The van der Waals surface area contributed by atoms with Crippen LogP contribution in [0.2, 0.25) is 0 Å². The lowest BCUT2D eigenvalue weighted by atomic mass is 10.1. The molecule has 2 rings (SSSR count). The van der Waals surface area contributed by atoms with E-state index in [-0.39, 0.29) is 29.9 Å². The largest absolute Gasteiger partial charge is 1.00 e. The van der Waals surface area contributed by atoms with Crippen LogP contribution in [-0.4, -0.2) is 19.1 Å². The zero-order valence-electron chi connectivity index (χ0n) is 31.2. The van der Waals surface area contributed by atoms with Gasteiger partial charge in [0, 0.05) is 17.7 Å². The van der Waals surface area contributed by atoms with E-state index in [0.29, 0.717) is 31.1 Å². The van der Waals surface area contributed by atoms with Gasteiger partial charge in [0.25, 0.3) is 5.91 Å². The maximum absolute atomic E-state index is 13.1. The number of ether oxygens (including phenoxy) is 2. The van der Waals surface area contributed by atoms with Crippen molar-refractivity contribution >= 4 is 5.91 Å². The molecule has 0 saturated carbocycles. The molecule has 0 bridgehead atoms. The number of carbonyl (C=O) groups is 1. The third-order valence-electron chi connectivity index (χ3n) is 9.31. The van der Waals surface area contributed by atoms with E-state index < -0.39 is 0 Å². The summed E-state index contributed by atoms with van der Waals surface area (Å²) in [5.41, 5.74) is 1.65. The Bertz CT molecular complexity index is 1050. The Labute approximate surface area is 312 Å². The highest BCUT2D eigenvalue weighted by Gasteiger charge is 2.14. The highest BCUT2D eigenvalue weighted by atomic mass is 127. The number of nitrogens with one attached hydrogen (secondary N) is 1. The average molecular weight is 779 g/mol. The van der Waals surface area contributed by atoms with E-state index in [1.807, 2.05) is 54.2 Å². The summed E-state index contributed by atoms with van der Waals surface area (Å²) in [5.74, 6) is 1.33. The molecule has 6 heteroatoms. The lowest BCUT2D eigenvalue weighted by Gasteiger charge is -2.14. The Morgan fingerprint density at radius 1 is 0.583 bits per heavy atom. The van der Waals surface area contributed by atoms with Crippen LogP contribution in [0.15, 0.2) is 42.6 Å². The molecular formula is C42H71IN2O3. The van der Waals surface area contributed by atoms with Crippen LogP contribution in [0, 0.1) is 0 Å². The Morgan fingerprint density at radius 3 is 1.48 bits per heavy atom. The first-order valence-electron chi connectivity index (χ1n) is 19.8. The minimum Gasteiger partial charge on any atom is -1.00 e. The third kappa shape index (κ3) is 22.0. The van der Waals surface area contributed by atoms with E-state index in [1.165, 1.54) is 141 Å². The Hall–Kier alpha value is -1.83. The lowest BCUT2D eigenvalue weighted by Crippen LogP contribution is -3.00. The monoisotopic (exact) mass is 778 g/mol. The molecule has 274 valence electrons. The Kier molecular flexibility index (Phi) is 28.7. The molecule has 0 aliphatic rings. The topological polar surface area (TPSA) is 51.4 Å². The van der Waals surface area contributed by atoms with Crippen LogP contribution in [0.5, 0.6) is 11.5 Å². The average Bonchev–Trinajstić information content (AvgIpc) is 3.08. The van der Waals surface area contributed by atoms with E-state index in [1.54, 1.807) is 0 Å². The number of amides is 1. The fraction of sp³-hybridized carbons (Fsp3) is 0.714. The van der Waals surface area contributed by atoms with Gasteiger partial charge in [-0.1, -0.05) is 161 Å². The summed E-state index contributed by atoms with van der Waals surface area (Å²) in [6.45, 7) is 6.37. The summed E-state index contributed by atoms with van der Waals surface area (Å²) in [5, 5.41) is 3.06. The molecule has 0 spiro atoms. The molecule has 1 aromatic heterocycles. The van der Waals surface area contributed by atoms with Crippen molar-refractivity contribution in [1.29, 1.82) is 0 Å². The van der Waals surface area contributed by atoms with Gasteiger partial charge < -0.3 is 38.8 Å². The molecule has 0 atom stereocenters. The van der Waals surface area contributed by atoms with Gasteiger partial charge in [-0.25, -0.2) is 4.57 Å². The summed E-state index contributed by atoms with van der Waals surface area (Å²) < 4.78 is 14.5. The van der Waals surface area contributed by atoms with Gasteiger partial charge in [0.15, 0.2) is 23.4 Å². The molecule has 48 heavy (non-hydrogen) atoms. The lowest BCUT2D eigenvalue weighted by molar-refractivity contribution is -0.679. The van der Waals surface area contributed by atoms with Crippen LogP contribution in [-0.2, 0) is 13.6 Å². The SMILES string of the molecule is CCCCCCCCCCCCCCOc1ccc(C(=O)NCc2cccc[n+]2C)cc1OCCCCCCCCCCCCCC.[I-]. The number of benzene rings is 1. The molecule has 0 radical (unpaired) electrons. The van der Waals surface area contributed by atoms with E-state index in [0.717, 1.165) is 24.3 Å². The number of hydrogen-bond donors (Lipinski definition) is 1. The molecule has 1 N–H and O–H groups in total. The Morgan fingerprint density at radius 2 is 1.02 bits per heavy atom. The van der Waals surface area contributed by atoms with Crippen molar-refractivity contribution < 1.29 is 42.8 Å². The molecule has 2 aromatic rings. The first-order chi connectivity index (χ1) is 23.2. The van der Waals surface area contributed by atoms with Crippen molar-refractivity contribution in [3.8, 4) is 11.5 Å². The fourth-order valence-corrected chi connectivity index (χ4v) is 6.15. The van der Waals surface area contributed by atoms with Crippen molar-refractivity contribution in [2.75, 3.05) is 13.2 Å². The van der Waals surface area contributed by atoms with Crippen molar-refractivity contribution in [2.24, 2.45) is 7.05 Å². The maximum Gasteiger partial charge on any atom is 0.251 e. The van der Waals surface area contributed by atoms with Crippen LogP contribution >= 0.6 is 0 Å². The molecule has 0 saturated heterocycles. The van der Waals surface area contributed by atoms with Gasteiger partial charge in [-0.05, 0) is 31.0 Å². The summed E-state index contributed by atoms with van der Waals surface area (Å²) in [4.78, 5) is 13.1. The first-order valence-corrected chi connectivity index (χ1v) is 19.8. The van der Waals surface area contributed by atoms with Crippen molar-refractivity contribution in [3.63, 3.8) is 0 Å². The van der Waals surface area contributed by atoms with Crippen LogP contribution in [0.1, 0.15) is 184 Å². The molecule has 0 aliphatic heterocycles. The van der Waals surface area contributed by atoms with E-state index in [4.69, 9.17) is 9.47 Å². The van der Waals surface area contributed by atoms with Crippen LogP contribution in [0.25, 0.3) is 0 Å². The second-order valence-corrected chi connectivity index (χ2v) is 13.6. The molecule has 5 nitrogen and oxygen atoms in total. The summed E-state index contributed by atoms with van der Waals surface area (Å²) in [6.07, 6.45) is 33.8. The normalized spacial score (nSPS) is 10.9. The molecule has 1 aromatic carbocycles. The van der Waals surface area contributed by atoms with E-state index in [9.17, 15) is 4.79 Å². The standard InChI is InChI=1S/C42H70N2O3.HI/c1-4-6-8-10-12-14-16-18-20-22-24-28-34-46-40-32-31-38(42(45)43-37-39-30-26-27-33-44(39)3)36-41(40)47-35-29-25-23-21-19-17-15-13-11-9-7-5-2;/h26-27,30-33,36H,4-25,28-29,34-35,37H2,1-3H3;1H. The molecule has 1 heterocycles. The zero-order valence-corrected chi connectivity index (χ0v) is 33.3. The van der Waals surface area contributed by atoms with Crippen molar-refractivity contribution in [2.45, 2.75) is 174 Å². The smallest absolute Gasteiger partial charge is 0.251 e. The van der Waals surface area contributed by atoms with Gasteiger partial charge in [-0.3, -0.25) is 4.79 Å². The summed E-state index contributed by atoms with van der Waals surface area (Å²) in [6, 6.07) is 11.6. The highest BCUT2D eigenvalue weighted by Crippen LogP contribution is 2.29. The molecule has 0 aliphatic carbocycles. The first kappa shape index (κ1) is 44.2. The van der Waals surface area contributed by atoms with Crippen molar-refractivity contribution in [3.05, 3.63) is 53.9 Å². The number of halogens is 1. The predicted octanol–water partition coefficient (Wildman–Crippen LogP) is 8.60. The number of aryl methyl sites for hydroxylation is 1. The highest BCUT2D eigenvalue weighted by molar-refractivity contribution is 5.94. The van der Waals surface area contributed by atoms with E-state index >= 15 is 0 Å².